The van der Waals surface area contributed by atoms with Gasteiger partial charge in [-0.15, -0.1) is 11.8 Å². The fourth-order valence-electron chi connectivity index (χ4n) is 2.45. The molecular weight excluding hydrogens is 320 g/mol. The Kier molecular flexibility index (Phi) is 6.62. The number of carbonyl (C=O) groups is 2. The van der Waals surface area contributed by atoms with Crippen molar-refractivity contribution in [2.45, 2.75) is 36.3 Å². The molecule has 0 fully saturated rings. The van der Waals surface area contributed by atoms with Gasteiger partial charge in [0.2, 0.25) is 0 Å². The second-order valence-corrected chi connectivity index (χ2v) is 6.91. The van der Waals surface area contributed by atoms with Gasteiger partial charge in [-0.05, 0) is 25.5 Å². The molecule has 0 N–H and O–H groups in total. The smallest absolute Gasteiger partial charge is 0.323 e. The molecule has 0 spiro atoms. The first-order chi connectivity index (χ1) is 11.6. The second kappa shape index (κ2) is 8.69. The number of hydrogen-bond acceptors (Lipinski definition) is 4. The number of carbonyl (C=O) groups excluding carboxylic acids is 2. The Morgan fingerprint density at radius 1 is 0.958 bits per heavy atom. The molecule has 126 valence electrons. The number of esters is 1. The zero-order valence-corrected chi connectivity index (χ0v) is 14.8. The minimum atomic E-state index is -0.912. The quantitative estimate of drug-likeness (QED) is 0.394. The third-order valence-electron chi connectivity index (χ3n) is 3.82. The lowest BCUT2D eigenvalue weighted by Gasteiger charge is -2.29. The summed E-state index contributed by atoms with van der Waals surface area (Å²) < 4.78 is 4.38. The third kappa shape index (κ3) is 4.48. The van der Waals surface area contributed by atoms with Crippen molar-refractivity contribution in [2.24, 2.45) is 0 Å². The Morgan fingerprint density at radius 2 is 1.54 bits per heavy atom. The first-order valence-electron chi connectivity index (χ1n) is 8.11. The minimum absolute atomic E-state index is 0.0473. The molecule has 3 nitrogen and oxygen atoms in total. The van der Waals surface area contributed by atoms with E-state index in [-0.39, 0.29) is 18.2 Å². The van der Waals surface area contributed by atoms with Crippen LogP contribution in [0.1, 0.15) is 37.0 Å². The van der Waals surface area contributed by atoms with E-state index in [1.807, 2.05) is 55.5 Å². The summed E-state index contributed by atoms with van der Waals surface area (Å²) in [6.07, 6.45) is 0.635. The van der Waals surface area contributed by atoms with Crippen LogP contribution in [0.4, 0.5) is 0 Å². The summed E-state index contributed by atoms with van der Waals surface area (Å²) in [6.45, 7) is 4.01. The summed E-state index contributed by atoms with van der Waals surface area (Å²) >= 11 is 1.41. The van der Waals surface area contributed by atoms with E-state index in [9.17, 15) is 9.59 Å². The van der Waals surface area contributed by atoms with Gasteiger partial charge in [-0.3, -0.25) is 9.59 Å². The maximum absolute atomic E-state index is 12.7. The Morgan fingerprint density at radius 3 is 2.08 bits per heavy atom. The number of ketones is 1. The van der Waals surface area contributed by atoms with Crippen LogP contribution >= 0.6 is 11.8 Å². The predicted octanol–water partition coefficient (Wildman–Crippen LogP) is 4.76. The van der Waals surface area contributed by atoms with Crippen molar-refractivity contribution >= 4 is 23.5 Å². The average molecular weight is 342 g/mol. The maximum Gasteiger partial charge on any atom is 0.323 e. The van der Waals surface area contributed by atoms with Gasteiger partial charge in [0.05, 0.1) is 6.61 Å². The fourth-order valence-corrected chi connectivity index (χ4v) is 3.69. The number of Topliss-reactive ketones (excluding diaryl/α,β-unsaturated/α-hetero) is 1. The minimum Gasteiger partial charge on any atom is -0.465 e. The van der Waals surface area contributed by atoms with Crippen LogP contribution in [0.3, 0.4) is 0 Å². The summed E-state index contributed by atoms with van der Waals surface area (Å²) in [6, 6.07) is 18.8. The lowest BCUT2D eigenvalue weighted by atomic mass is 9.95. The molecule has 2 aromatic carbocycles. The van der Waals surface area contributed by atoms with Crippen LogP contribution in [0, 0.1) is 0 Å². The fraction of sp³-hybridized carbons (Fsp3) is 0.300. The first kappa shape index (κ1) is 18.3. The summed E-state index contributed by atoms with van der Waals surface area (Å²) in [5, 5.41) is 0. The van der Waals surface area contributed by atoms with Crippen LogP contribution in [0.15, 0.2) is 65.6 Å². The van der Waals surface area contributed by atoms with E-state index in [4.69, 9.17) is 4.74 Å². The number of benzene rings is 2. The standard InChI is InChI=1S/C20H22O3S/c1-3-20(19(22)23-4-2,24-17-13-9-6-10-14-17)15-18(21)16-11-7-5-8-12-16/h5-14H,3-4,15H2,1-2H3. The molecule has 2 aromatic rings. The molecule has 1 unspecified atom stereocenters. The average Bonchev–Trinajstić information content (AvgIpc) is 2.62. The van der Waals surface area contributed by atoms with Gasteiger partial charge < -0.3 is 4.74 Å². The molecule has 0 saturated carbocycles. The van der Waals surface area contributed by atoms with Gasteiger partial charge in [-0.2, -0.15) is 0 Å². The van der Waals surface area contributed by atoms with Gasteiger partial charge in [0.25, 0.3) is 0 Å². The Balaban J connectivity index is 2.30. The van der Waals surface area contributed by atoms with Crippen molar-refractivity contribution in [3.8, 4) is 0 Å². The van der Waals surface area contributed by atoms with Crippen LogP contribution in [-0.4, -0.2) is 23.1 Å². The number of hydrogen-bond donors (Lipinski definition) is 0. The molecule has 4 heteroatoms. The highest BCUT2D eigenvalue weighted by Crippen LogP contribution is 2.40. The van der Waals surface area contributed by atoms with Crippen molar-refractivity contribution in [1.29, 1.82) is 0 Å². The molecule has 1 atom stereocenters. The molecule has 0 amide bonds. The van der Waals surface area contributed by atoms with Gasteiger partial charge in [-0.25, -0.2) is 0 Å². The summed E-state index contributed by atoms with van der Waals surface area (Å²) in [4.78, 5) is 26.3. The monoisotopic (exact) mass is 342 g/mol. The van der Waals surface area contributed by atoms with Gasteiger partial charge >= 0.3 is 5.97 Å². The zero-order valence-electron chi connectivity index (χ0n) is 14.0. The Bertz CT molecular complexity index is 670. The van der Waals surface area contributed by atoms with Crippen LogP contribution < -0.4 is 0 Å². The van der Waals surface area contributed by atoms with Crippen LogP contribution in [0.25, 0.3) is 0 Å². The number of ether oxygens (including phenoxy) is 1. The van der Waals surface area contributed by atoms with Gasteiger partial charge in [0.15, 0.2) is 5.78 Å². The molecule has 0 bridgehead atoms. The number of rotatable bonds is 8. The van der Waals surface area contributed by atoms with Gasteiger partial charge in [0.1, 0.15) is 4.75 Å². The lowest BCUT2D eigenvalue weighted by Crippen LogP contribution is -2.38. The van der Waals surface area contributed by atoms with E-state index >= 15 is 0 Å². The van der Waals surface area contributed by atoms with Crippen LogP contribution in [0.2, 0.25) is 0 Å². The Labute approximate surface area is 147 Å². The van der Waals surface area contributed by atoms with Crippen LogP contribution in [0.5, 0.6) is 0 Å². The van der Waals surface area contributed by atoms with E-state index in [1.165, 1.54) is 11.8 Å². The third-order valence-corrected chi connectivity index (χ3v) is 5.32. The molecule has 0 aliphatic rings. The van der Waals surface area contributed by atoms with Crippen molar-refractivity contribution in [2.75, 3.05) is 6.61 Å². The van der Waals surface area contributed by atoms with Gasteiger partial charge in [0, 0.05) is 16.9 Å². The molecule has 0 radical (unpaired) electrons. The molecule has 24 heavy (non-hydrogen) atoms. The highest BCUT2D eigenvalue weighted by atomic mass is 32.2. The summed E-state index contributed by atoms with van der Waals surface area (Å²) in [5.74, 6) is -0.375. The molecular formula is C20H22O3S. The summed E-state index contributed by atoms with van der Waals surface area (Å²) in [5.41, 5.74) is 0.619. The largest absolute Gasteiger partial charge is 0.465 e. The Hall–Kier alpha value is -2.07. The van der Waals surface area contributed by atoms with Crippen LogP contribution in [-0.2, 0) is 9.53 Å². The maximum atomic E-state index is 12.7. The zero-order chi connectivity index (χ0) is 17.4. The van der Waals surface area contributed by atoms with E-state index in [2.05, 4.69) is 0 Å². The SMILES string of the molecule is CCOC(=O)C(CC)(CC(=O)c1ccccc1)Sc1ccccc1. The van der Waals surface area contributed by atoms with E-state index in [0.717, 1.165) is 4.90 Å². The normalized spacial score (nSPS) is 13.1. The van der Waals surface area contributed by atoms with E-state index in [1.54, 1.807) is 19.1 Å². The summed E-state index contributed by atoms with van der Waals surface area (Å²) in [7, 11) is 0. The molecule has 0 aliphatic heterocycles. The molecule has 0 aliphatic carbocycles. The molecule has 2 rings (SSSR count). The molecule has 0 saturated heterocycles. The second-order valence-electron chi connectivity index (χ2n) is 5.45. The van der Waals surface area contributed by atoms with Crippen molar-refractivity contribution < 1.29 is 14.3 Å². The molecule has 0 aromatic heterocycles. The molecule has 0 heterocycles. The predicted molar refractivity (Wildman–Crippen MR) is 97.3 cm³/mol. The van der Waals surface area contributed by atoms with E-state index in [0.29, 0.717) is 18.6 Å². The topological polar surface area (TPSA) is 43.4 Å². The van der Waals surface area contributed by atoms with Gasteiger partial charge in [-0.1, -0.05) is 55.5 Å². The lowest BCUT2D eigenvalue weighted by molar-refractivity contribution is -0.146. The van der Waals surface area contributed by atoms with Crippen molar-refractivity contribution in [3.63, 3.8) is 0 Å². The van der Waals surface area contributed by atoms with Crippen molar-refractivity contribution in [3.05, 3.63) is 66.2 Å². The van der Waals surface area contributed by atoms with Crippen molar-refractivity contribution in [1.82, 2.24) is 0 Å². The first-order valence-corrected chi connectivity index (χ1v) is 8.92. The van der Waals surface area contributed by atoms with E-state index < -0.39 is 4.75 Å². The highest BCUT2D eigenvalue weighted by Gasteiger charge is 2.41. The number of thioether (sulfide) groups is 1. The highest BCUT2D eigenvalue weighted by molar-refractivity contribution is 8.01.